The first-order valence-corrected chi connectivity index (χ1v) is 7.94. The zero-order valence-electron chi connectivity index (χ0n) is 14.0. The van der Waals surface area contributed by atoms with Crippen LogP contribution in [0.1, 0.15) is 29.8 Å². The highest BCUT2D eigenvalue weighted by atomic mass is 16.5. The minimum absolute atomic E-state index is 0.0657. The van der Waals surface area contributed by atoms with Crippen molar-refractivity contribution in [2.75, 3.05) is 25.5 Å². The number of carbonyl (C=O) groups excluding carboxylic acids is 1. The van der Waals surface area contributed by atoms with Gasteiger partial charge in [-0.3, -0.25) is 4.79 Å². The molecule has 0 spiro atoms. The highest BCUT2D eigenvalue weighted by Gasteiger charge is 2.12. The maximum absolute atomic E-state index is 12.4. The zero-order valence-corrected chi connectivity index (χ0v) is 14.0. The summed E-state index contributed by atoms with van der Waals surface area (Å²) in [5.74, 6) is 0.923. The molecule has 0 aliphatic heterocycles. The van der Waals surface area contributed by atoms with Crippen LogP contribution >= 0.6 is 0 Å². The molecule has 1 amide bonds. The Morgan fingerprint density at radius 2 is 1.83 bits per heavy atom. The van der Waals surface area contributed by atoms with Gasteiger partial charge in [-0.05, 0) is 38.1 Å². The molecular formula is C19H24N2O2. The second kappa shape index (κ2) is 8.22. The Hall–Kier alpha value is -2.49. The van der Waals surface area contributed by atoms with Crippen LogP contribution in [-0.2, 0) is 6.54 Å². The monoisotopic (exact) mass is 312 g/mol. The van der Waals surface area contributed by atoms with Crippen molar-refractivity contribution in [3.63, 3.8) is 0 Å². The van der Waals surface area contributed by atoms with E-state index in [1.807, 2.05) is 67.3 Å². The van der Waals surface area contributed by atoms with Crippen molar-refractivity contribution >= 4 is 11.6 Å². The Morgan fingerprint density at radius 3 is 2.52 bits per heavy atom. The van der Waals surface area contributed by atoms with Crippen LogP contribution in [0.4, 0.5) is 5.69 Å². The molecule has 4 nitrogen and oxygen atoms in total. The smallest absolute Gasteiger partial charge is 0.253 e. The van der Waals surface area contributed by atoms with E-state index in [1.54, 1.807) is 7.11 Å². The lowest BCUT2D eigenvalue weighted by Crippen LogP contribution is -2.30. The van der Waals surface area contributed by atoms with E-state index >= 15 is 0 Å². The van der Waals surface area contributed by atoms with Gasteiger partial charge in [-0.2, -0.15) is 0 Å². The van der Waals surface area contributed by atoms with Gasteiger partial charge in [-0.25, -0.2) is 0 Å². The molecule has 0 radical (unpaired) electrons. The third-order valence-corrected chi connectivity index (χ3v) is 3.84. The van der Waals surface area contributed by atoms with Crippen molar-refractivity contribution in [1.29, 1.82) is 0 Å². The number of nitrogens with zero attached hydrogens (tertiary/aromatic N) is 1. The fourth-order valence-corrected chi connectivity index (χ4v) is 2.50. The predicted octanol–water partition coefficient (Wildman–Crippen LogP) is 3.79. The lowest BCUT2D eigenvalue weighted by atomic mass is 10.1. The van der Waals surface area contributed by atoms with Gasteiger partial charge in [0.25, 0.3) is 5.91 Å². The summed E-state index contributed by atoms with van der Waals surface area (Å²) in [6.07, 6.45) is 0. The molecule has 0 aromatic heterocycles. The van der Waals surface area contributed by atoms with E-state index in [0.29, 0.717) is 25.2 Å². The molecule has 122 valence electrons. The van der Waals surface area contributed by atoms with Crippen LogP contribution in [-0.4, -0.2) is 31.0 Å². The number of anilines is 1. The summed E-state index contributed by atoms with van der Waals surface area (Å²) < 4.78 is 5.36. The summed E-state index contributed by atoms with van der Waals surface area (Å²) in [7, 11) is 1.67. The predicted molar refractivity (Wildman–Crippen MR) is 94.0 cm³/mol. The van der Waals surface area contributed by atoms with Gasteiger partial charge in [0.1, 0.15) is 5.75 Å². The number of hydrogen-bond donors (Lipinski definition) is 1. The molecule has 0 heterocycles. The highest BCUT2D eigenvalue weighted by Crippen LogP contribution is 2.19. The van der Waals surface area contributed by atoms with E-state index < -0.39 is 0 Å². The molecule has 0 bridgehead atoms. The minimum atomic E-state index is 0.0657. The van der Waals surface area contributed by atoms with E-state index in [2.05, 4.69) is 5.32 Å². The van der Waals surface area contributed by atoms with Crippen molar-refractivity contribution in [3.05, 3.63) is 59.7 Å². The lowest BCUT2D eigenvalue weighted by molar-refractivity contribution is 0.0773. The normalized spacial score (nSPS) is 10.2. The number of benzene rings is 2. The molecule has 2 aromatic carbocycles. The number of ether oxygens (including phenoxy) is 1. The molecule has 0 saturated carbocycles. The molecule has 0 atom stereocenters. The van der Waals surface area contributed by atoms with Crippen LogP contribution in [0.15, 0.2) is 48.5 Å². The van der Waals surface area contributed by atoms with Gasteiger partial charge in [0.2, 0.25) is 0 Å². The Labute approximate surface area is 138 Å². The number of rotatable bonds is 7. The maximum Gasteiger partial charge on any atom is 0.253 e. The number of carbonyl (C=O) groups is 1. The standard InChI is InChI=1S/C19H24N2O2/c1-4-21(5-2)19(22)15-10-8-11-17(13-15)20-14-16-9-6-7-12-18(16)23-3/h6-13,20H,4-5,14H2,1-3H3. The Kier molecular flexibility index (Phi) is 6.03. The van der Waals surface area contributed by atoms with Crippen LogP contribution in [0, 0.1) is 0 Å². The van der Waals surface area contributed by atoms with E-state index in [-0.39, 0.29) is 5.91 Å². The number of amides is 1. The van der Waals surface area contributed by atoms with E-state index in [4.69, 9.17) is 4.74 Å². The molecule has 0 aliphatic carbocycles. The molecular weight excluding hydrogens is 288 g/mol. The van der Waals surface area contributed by atoms with Gasteiger partial charge in [-0.1, -0.05) is 24.3 Å². The van der Waals surface area contributed by atoms with E-state index in [9.17, 15) is 4.79 Å². The summed E-state index contributed by atoms with van der Waals surface area (Å²) in [4.78, 5) is 14.2. The first kappa shape index (κ1) is 16.9. The molecule has 0 unspecified atom stereocenters. The number of para-hydroxylation sites is 1. The Morgan fingerprint density at radius 1 is 1.09 bits per heavy atom. The summed E-state index contributed by atoms with van der Waals surface area (Å²) in [5, 5.41) is 3.36. The summed E-state index contributed by atoms with van der Waals surface area (Å²) in [6.45, 7) is 6.06. The van der Waals surface area contributed by atoms with Gasteiger partial charge >= 0.3 is 0 Å². The van der Waals surface area contributed by atoms with Crippen LogP contribution in [0.2, 0.25) is 0 Å². The Balaban J connectivity index is 2.10. The second-order valence-electron chi connectivity index (χ2n) is 5.22. The van der Waals surface area contributed by atoms with Crippen LogP contribution in [0.5, 0.6) is 5.75 Å². The van der Waals surface area contributed by atoms with Crippen LogP contribution in [0.25, 0.3) is 0 Å². The van der Waals surface area contributed by atoms with E-state index in [1.165, 1.54) is 0 Å². The van der Waals surface area contributed by atoms with Crippen LogP contribution in [0.3, 0.4) is 0 Å². The summed E-state index contributed by atoms with van der Waals surface area (Å²) in [5.41, 5.74) is 2.71. The minimum Gasteiger partial charge on any atom is -0.496 e. The molecule has 1 N–H and O–H groups in total. The fourth-order valence-electron chi connectivity index (χ4n) is 2.50. The highest BCUT2D eigenvalue weighted by molar-refractivity contribution is 5.95. The maximum atomic E-state index is 12.4. The average molecular weight is 312 g/mol. The molecule has 4 heteroatoms. The third kappa shape index (κ3) is 4.25. The molecule has 2 rings (SSSR count). The van der Waals surface area contributed by atoms with Crippen molar-refractivity contribution in [2.45, 2.75) is 20.4 Å². The van der Waals surface area contributed by atoms with Gasteiger partial charge < -0.3 is 15.0 Å². The van der Waals surface area contributed by atoms with Crippen molar-refractivity contribution in [1.82, 2.24) is 4.90 Å². The number of nitrogens with one attached hydrogen (secondary N) is 1. The van der Waals surface area contributed by atoms with Gasteiger partial charge in [-0.15, -0.1) is 0 Å². The summed E-state index contributed by atoms with van der Waals surface area (Å²) in [6, 6.07) is 15.5. The third-order valence-electron chi connectivity index (χ3n) is 3.84. The second-order valence-corrected chi connectivity index (χ2v) is 5.22. The van der Waals surface area contributed by atoms with E-state index in [0.717, 1.165) is 17.0 Å². The van der Waals surface area contributed by atoms with Gasteiger partial charge in [0.05, 0.1) is 7.11 Å². The summed E-state index contributed by atoms with van der Waals surface area (Å²) >= 11 is 0. The van der Waals surface area contributed by atoms with Gasteiger partial charge in [0.15, 0.2) is 0 Å². The fraction of sp³-hybridized carbons (Fsp3) is 0.316. The quantitative estimate of drug-likeness (QED) is 0.846. The Bertz CT molecular complexity index is 651. The number of methoxy groups -OCH3 is 1. The largest absolute Gasteiger partial charge is 0.496 e. The lowest BCUT2D eigenvalue weighted by Gasteiger charge is -2.19. The first-order chi connectivity index (χ1) is 11.2. The van der Waals surface area contributed by atoms with Crippen LogP contribution < -0.4 is 10.1 Å². The van der Waals surface area contributed by atoms with Crippen molar-refractivity contribution in [3.8, 4) is 5.75 Å². The van der Waals surface area contributed by atoms with Crippen molar-refractivity contribution < 1.29 is 9.53 Å². The molecule has 0 fully saturated rings. The molecule has 2 aromatic rings. The van der Waals surface area contributed by atoms with Gasteiger partial charge in [0, 0.05) is 36.4 Å². The molecule has 0 saturated heterocycles. The SMILES string of the molecule is CCN(CC)C(=O)c1cccc(NCc2ccccc2OC)c1. The number of hydrogen-bond acceptors (Lipinski definition) is 3. The average Bonchev–Trinajstić information content (AvgIpc) is 2.61. The zero-order chi connectivity index (χ0) is 16.7. The molecule has 23 heavy (non-hydrogen) atoms. The topological polar surface area (TPSA) is 41.6 Å². The van der Waals surface area contributed by atoms with Crippen molar-refractivity contribution in [2.24, 2.45) is 0 Å². The molecule has 0 aliphatic rings. The first-order valence-electron chi connectivity index (χ1n) is 7.94.